The average molecular weight is 458 g/mol. The maximum absolute atomic E-state index is 12.2. The minimum absolute atomic E-state index is 0.115. The van der Waals surface area contributed by atoms with Crippen LogP contribution in [-0.4, -0.2) is 17.0 Å². The minimum atomic E-state index is -0.611. The molecule has 0 saturated carbocycles. The largest absolute Gasteiger partial charge is 0.421 e. The molecule has 0 fully saturated rings. The van der Waals surface area contributed by atoms with Crippen LogP contribution in [0.2, 0.25) is 0 Å². The average Bonchev–Trinajstić information content (AvgIpc) is 3.33. The van der Waals surface area contributed by atoms with Gasteiger partial charge in [0.2, 0.25) is 0 Å². The zero-order chi connectivity index (χ0) is 20.1. The van der Waals surface area contributed by atoms with Crippen molar-refractivity contribution >= 4 is 51.0 Å². The second kappa shape index (κ2) is 8.65. The highest BCUT2D eigenvalue weighted by Crippen LogP contribution is 2.28. The van der Waals surface area contributed by atoms with Gasteiger partial charge in [0.25, 0.3) is 5.91 Å². The third-order valence-electron chi connectivity index (χ3n) is 3.43. The molecule has 28 heavy (non-hydrogen) atoms. The Labute approximate surface area is 172 Å². The van der Waals surface area contributed by atoms with Gasteiger partial charge >= 0.3 is 5.97 Å². The van der Waals surface area contributed by atoms with Crippen molar-refractivity contribution in [3.63, 3.8) is 0 Å². The number of rotatable bonds is 5. The standard InChI is InChI=1S/C19H12BrN3O4S/c1-11-7-17(23-27-11)22-18(24)13(10-21)8-12-4-5-15(14(20)9-12)26-19(25)16-3-2-6-28-16/h2-9H,1H3,(H,22,23,24). The first-order valence-electron chi connectivity index (χ1n) is 7.88. The molecule has 7 nitrogen and oxygen atoms in total. The number of aromatic nitrogens is 1. The Kier molecular flexibility index (Phi) is 6.03. The number of thiophene rings is 1. The van der Waals surface area contributed by atoms with Gasteiger partial charge < -0.3 is 14.6 Å². The van der Waals surface area contributed by atoms with Crippen molar-refractivity contribution in [2.75, 3.05) is 5.32 Å². The lowest BCUT2D eigenvalue weighted by Gasteiger charge is -2.06. The molecule has 1 amide bonds. The summed E-state index contributed by atoms with van der Waals surface area (Å²) in [7, 11) is 0. The highest BCUT2D eigenvalue weighted by Gasteiger charge is 2.14. The number of nitriles is 1. The van der Waals surface area contributed by atoms with Crippen molar-refractivity contribution < 1.29 is 18.8 Å². The van der Waals surface area contributed by atoms with E-state index in [-0.39, 0.29) is 11.4 Å². The summed E-state index contributed by atoms with van der Waals surface area (Å²) in [6, 6.07) is 11.7. The molecular formula is C19H12BrN3O4S. The van der Waals surface area contributed by atoms with Crippen molar-refractivity contribution in [1.29, 1.82) is 5.26 Å². The van der Waals surface area contributed by atoms with Crippen LogP contribution in [0.15, 0.2) is 56.3 Å². The summed E-state index contributed by atoms with van der Waals surface area (Å²) in [6.45, 7) is 1.69. The van der Waals surface area contributed by atoms with Crippen LogP contribution in [0.5, 0.6) is 5.75 Å². The van der Waals surface area contributed by atoms with Crippen molar-refractivity contribution in [2.24, 2.45) is 0 Å². The fourth-order valence-corrected chi connectivity index (χ4v) is 3.23. The first kappa shape index (κ1) is 19.5. The van der Waals surface area contributed by atoms with Crippen molar-refractivity contribution in [3.8, 4) is 11.8 Å². The van der Waals surface area contributed by atoms with Gasteiger partial charge in [-0.3, -0.25) is 4.79 Å². The highest BCUT2D eigenvalue weighted by atomic mass is 79.9. The molecule has 3 aromatic rings. The van der Waals surface area contributed by atoms with Crippen LogP contribution in [0.1, 0.15) is 21.0 Å². The molecule has 2 heterocycles. The minimum Gasteiger partial charge on any atom is -0.421 e. The number of hydrogen-bond acceptors (Lipinski definition) is 7. The number of amides is 1. The molecule has 0 bridgehead atoms. The predicted molar refractivity (Wildman–Crippen MR) is 107 cm³/mol. The van der Waals surface area contributed by atoms with Gasteiger partial charge in [-0.1, -0.05) is 17.3 Å². The van der Waals surface area contributed by atoms with E-state index in [2.05, 4.69) is 26.4 Å². The number of carbonyl (C=O) groups excluding carboxylic acids is 2. The topological polar surface area (TPSA) is 105 Å². The number of nitrogens with one attached hydrogen (secondary N) is 1. The van der Waals surface area contributed by atoms with Gasteiger partial charge in [-0.25, -0.2) is 4.79 Å². The Hall–Kier alpha value is -3.22. The number of aryl methyl sites for hydroxylation is 1. The lowest BCUT2D eigenvalue weighted by molar-refractivity contribution is -0.112. The van der Waals surface area contributed by atoms with Crippen molar-refractivity contribution in [3.05, 3.63) is 68.0 Å². The highest BCUT2D eigenvalue weighted by molar-refractivity contribution is 9.10. The summed E-state index contributed by atoms with van der Waals surface area (Å²) in [5.74, 6) is 0.0192. The fraction of sp³-hybridized carbons (Fsp3) is 0.0526. The van der Waals surface area contributed by atoms with E-state index in [9.17, 15) is 14.9 Å². The Morgan fingerprint density at radius 3 is 2.79 bits per heavy atom. The molecule has 140 valence electrons. The molecule has 0 aliphatic rings. The molecule has 0 atom stereocenters. The number of hydrogen-bond donors (Lipinski definition) is 1. The van der Waals surface area contributed by atoms with Crippen LogP contribution in [-0.2, 0) is 4.79 Å². The Morgan fingerprint density at radius 2 is 2.18 bits per heavy atom. The Balaban J connectivity index is 1.75. The summed E-state index contributed by atoms with van der Waals surface area (Å²) < 4.78 is 10.7. The van der Waals surface area contributed by atoms with E-state index in [1.807, 2.05) is 6.07 Å². The summed E-state index contributed by atoms with van der Waals surface area (Å²) in [4.78, 5) is 24.8. The molecule has 1 N–H and O–H groups in total. The van der Waals surface area contributed by atoms with E-state index in [0.717, 1.165) is 0 Å². The third kappa shape index (κ3) is 4.73. The molecule has 1 aromatic carbocycles. The van der Waals surface area contributed by atoms with Gasteiger partial charge in [-0.15, -0.1) is 11.3 Å². The number of esters is 1. The zero-order valence-corrected chi connectivity index (χ0v) is 16.8. The van der Waals surface area contributed by atoms with Crippen molar-refractivity contribution in [2.45, 2.75) is 6.92 Å². The number of carbonyl (C=O) groups is 2. The second-order valence-corrected chi connectivity index (χ2v) is 7.31. The van der Waals surface area contributed by atoms with Gasteiger partial charge in [-0.2, -0.15) is 5.26 Å². The molecule has 3 rings (SSSR count). The SMILES string of the molecule is Cc1cc(NC(=O)C(C#N)=Cc2ccc(OC(=O)c3cccs3)c(Br)c2)no1. The first-order valence-corrected chi connectivity index (χ1v) is 9.55. The number of nitrogens with zero attached hydrogens (tertiary/aromatic N) is 2. The zero-order valence-electron chi connectivity index (χ0n) is 14.4. The Bertz CT molecular complexity index is 1100. The van der Waals surface area contributed by atoms with E-state index in [0.29, 0.717) is 26.4 Å². The predicted octanol–water partition coefficient (Wildman–Crippen LogP) is 4.57. The summed E-state index contributed by atoms with van der Waals surface area (Å²) in [5.41, 5.74) is 0.460. The lowest BCUT2D eigenvalue weighted by Crippen LogP contribution is -2.13. The van der Waals surface area contributed by atoms with E-state index in [1.165, 1.54) is 17.4 Å². The van der Waals surface area contributed by atoms with E-state index in [1.54, 1.807) is 48.7 Å². The quantitative estimate of drug-likeness (QED) is 0.260. The molecule has 2 aromatic heterocycles. The number of benzene rings is 1. The number of halogens is 1. The fourth-order valence-electron chi connectivity index (χ4n) is 2.16. The third-order valence-corrected chi connectivity index (χ3v) is 4.90. The van der Waals surface area contributed by atoms with Crippen LogP contribution in [0.4, 0.5) is 5.82 Å². The Morgan fingerprint density at radius 1 is 1.36 bits per heavy atom. The lowest BCUT2D eigenvalue weighted by atomic mass is 10.1. The van der Waals surface area contributed by atoms with Gasteiger partial charge in [0.05, 0.1) is 4.47 Å². The van der Waals surface area contributed by atoms with Crippen LogP contribution in [0.25, 0.3) is 6.08 Å². The maximum Gasteiger partial charge on any atom is 0.353 e. The van der Waals surface area contributed by atoms with Crippen LogP contribution >= 0.6 is 27.3 Å². The number of anilines is 1. The van der Waals surface area contributed by atoms with Gasteiger partial charge in [-0.05, 0) is 58.1 Å². The van der Waals surface area contributed by atoms with Crippen molar-refractivity contribution in [1.82, 2.24) is 5.16 Å². The van der Waals surface area contributed by atoms with E-state index in [4.69, 9.17) is 9.26 Å². The summed E-state index contributed by atoms with van der Waals surface area (Å²) in [5, 5.41) is 17.2. The van der Waals surface area contributed by atoms with Crippen LogP contribution in [0, 0.1) is 18.3 Å². The maximum atomic E-state index is 12.2. The molecular weight excluding hydrogens is 446 g/mol. The number of ether oxygens (including phenoxy) is 1. The van der Waals surface area contributed by atoms with Gasteiger partial charge in [0.1, 0.15) is 28.0 Å². The molecule has 0 unspecified atom stereocenters. The monoisotopic (exact) mass is 457 g/mol. The smallest absolute Gasteiger partial charge is 0.353 e. The normalized spacial score (nSPS) is 11.0. The molecule has 0 spiro atoms. The van der Waals surface area contributed by atoms with E-state index >= 15 is 0 Å². The van der Waals surface area contributed by atoms with Crippen LogP contribution in [0.3, 0.4) is 0 Å². The first-order chi connectivity index (χ1) is 13.5. The molecule has 0 radical (unpaired) electrons. The molecule has 0 aliphatic carbocycles. The van der Waals surface area contributed by atoms with Gasteiger partial charge in [0, 0.05) is 6.07 Å². The molecule has 0 saturated heterocycles. The summed E-state index contributed by atoms with van der Waals surface area (Å²) >= 11 is 4.62. The second-order valence-electron chi connectivity index (χ2n) is 5.50. The molecule has 9 heteroatoms. The van der Waals surface area contributed by atoms with E-state index < -0.39 is 11.9 Å². The molecule has 0 aliphatic heterocycles. The van der Waals surface area contributed by atoms with Crippen LogP contribution < -0.4 is 10.1 Å². The van der Waals surface area contributed by atoms with Gasteiger partial charge in [0.15, 0.2) is 5.82 Å². The summed E-state index contributed by atoms with van der Waals surface area (Å²) in [6.07, 6.45) is 1.41.